The van der Waals surface area contributed by atoms with Crippen LogP contribution >= 0.6 is 11.6 Å². The van der Waals surface area contributed by atoms with Crippen molar-refractivity contribution in [1.82, 2.24) is 9.80 Å². The lowest BCUT2D eigenvalue weighted by molar-refractivity contribution is 0.0843. The van der Waals surface area contributed by atoms with Crippen LogP contribution in [0.1, 0.15) is 15.9 Å². The van der Waals surface area contributed by atoms with E-state index < -0.39 is 0 Å². The third-order valence-electron chi connectivity index (χ3n) is 4.84. The van der Waals surface area contributed by atoms with Gasteiger partial charge in [-0.05, 0) is 42.0 Å². The predicted octanol–water partition coefficient (Wildman–Crippen LogP) is 3.07. The van der Waals surface area contributed by atoms with Gasteiger partial charge in [-0.25, -0.2) is 0 Å². The summed E-state index contributed by atoms with van der Waals surface area (Å²) < 4.78 is 10.8. The van der Waals surface area contributed by atoms with Gasteiger partial charge in [0.05, 0.1) is 6.54 Å². The molecule has 0 unspecified atom stereocenters. The number of hydrogen-bond donors (Lipinski definition) is 0. The molecule has 0 radical (unpaired) electrons. The summed E-state index contributed by atoms with van der Waals surface area (Å²) in [6.45, 7) is 5.33. The second-order valence-corrected chi connectivity index (χ2v) is 7.11. The van der Waals surface area contributed by atoms with Gasteiger partial charge in [-0.3, -0.25) is 14.6 Å². The van der Waals surface area contributed by atoms with E-state index in [1.54, 1.807) is 24.3 Å². The molecule has 0 amide bonds. The topological polar surface area (TPSA) is 42.0 Å². The molecule has 4 rings (SSSR count). The lowest BCUT2D eigenvalue weighted by Crippen LogP contribution is -2.47. The highest BCUT2D eigenvalue weighted by Gasteiger charge is 2.20. The molecule has 0 aromatic heterocycles. The Hall–Kier alpha value is -2.08. The second kappa shape index (κ2) is 7.66. The summed E-state index contributed by atoms with van der Waals surface area (Å²) >= 11 is 5.88. The molecule has 1 fully saturated rings. The predicted molar refractivity (Wildman–Crippen MR) is 100 cm³/mol. The van der Waals surface area contributed by atoms with Gasteiger partial charge in [-0.2, -0.15) is 0 Å². The fraction of sp³-hybridized carbons (Fsp3) is 0.350. The van der Waals surface area contributed by atoms with Gasteiger partial charge in [0, 0.05) is 43.3 Å². The van der Waals surface area contributed by atoms with E-state index in [1.807, 2.05) is 6.07 Å². The van der Waals surface area contributed by atoms with Gasteiger partial charge in [0.15, 0.2) is 17.3 Å². The highest BCUT2D eigenvalue weighted by molar-refractivity contribution is 6.30. The maximum Gasteiger partial charge on any atom is 0.231 e. The molecule has 1 saturated heterocycles. The van der Waals surface area contributed by atoms with Crippen molar-refractivity contribution in [3.63, 3.8) is 0 Å². The van der Waals surface area contributed by atoms with Gasteiger partial charge in [0.2, 0.25) is 6.79 Å². The molecule has 5 nitrogen and oxygen atoms in total. The molecule has 2 aliphatic heterocycles. The molecule has 2 aromatic rings. The molecule has 0 aliphatic carbocycles. The fourth-order valence-corrected chi connectivity index (χ4v) is 3.46. The monoisotopic (exact) mass is 372 g/mol. The van der Waals surface area contributed by atoms with Gasteiger partial charge < -0.3 is 9.47 Å². The number of halogens is 1. The summed E-state index contributed by atoms with van der Waals surface area (Å²) in [7, 11) is 0. The highest BCUT2D eigenvalue weighted by atomic mass is 35.5. The molecule has 0 saturated carbocycles. The van der Waals surface area contributed by atoms with Crippen LogP contribution in [0, 0.1) is 0 Å². The lowest BCUT2D eigenvalue weighted by atomic mass is 10.1. The average Bonchev–Trinajstić information content (AvgIpc) is 3.12. The maximum atomic E-state index is 12.4. The van der Waals surface area contributed by atoms with Crippen LogP contribution in [0.2, 0.25) is 5.02 Å². The van der Waals surface area contributed by atoms with Crippen molar-refractivity contribution >= 4 is 17.4 Å². The molecule has 0 N–H and O–H groups in total. The Morgan fingerprint density at radius 1 is 0.923 bits per heavy atom. The van der Waals surface area contributed by atoms with Crippen LogP contribution in [0.5, 0.6) is 11.5 Å². The standard InChI is InChI=1S/C20H21ClN2O3/c21-17-4-2-16(3-5-17)18(24)13-23-9-7-22(8-10-23)12-15-1-6-19-20(11-15)26-14-25-19/h1-6,11H,7-10,12-14H2. The number of benzene rings is 2. The SMILES string of the molecule is O=C(CN1CCN(Cc2ccc3c(c2)OCO3)CC1)c1ccc(Cl)cc1. The Kier molecular flexibility index (Phi) is 5.11. The van der Waals surface area contributed by atoms with Crippen LogP contribution in [-0.4, -0.2) is 55.1 Å². The number of Topliss-reactive ketones (excluding diaryl/α,β-unsaturated/α-hetero) is 1. The summed E-state index contributed by atoms with van der Waals surface area (Å²) in [5, 5.41) is 0.652. The lowest BCUT2D eigenvalue weighted by Gasteiger charge is -2.34. The van der Waals surface area contributed by atoms with E-state index in [9.17, 15) is 4.79 Å². The van der Waals surface area contributed by atoms with E-state index >= 15 is 0 Å². The van der Waals surface area contributed by atoms with Crippen LogP contribution in [-0.2, 0) is 6.54 Å². The first-order valence-corrected chi connectivity index (χ1v) is 9.17. The number of ether oxygens (including phenoxy) is 2. The van der Waals surface area contributed by atoms with Crippen LogP contribution in [0.4, 0.5) is 0 Å². The number of carbonyl (C=O) groups excluding carboxylic acids is 1. The van der Waals surface area contributed by atoms with Crippen LogP contribution in [0.25, 0.3) is 0 Å². The van der Waals surface area contributed by atoms with Crippen LogP contribution < -0.4 is 9.47 Å². The molecule has 0 atom stereocenters. The number of hydrogen-bond acceptors (Lipinski definition) is 5. The fourth-order valence-electron chi connectivity index (χ4n) is 3.33. The van der Waals surface area contributed by atoms with E-state index in [0.717, 1.165) is 49.8 Å². The third kappa shape index (κ3) is 4.01. The number of nitrogens with zero attached hydrogens (tertiary/aromatic N) is 2. The number of fused-ring (bicyclic) bond motifs is 1. The minimum atomic E-state index is 0.144. The summed E-state index contributed by atoms with van der Waals surface area (Å²) in [6, 6.07) is 13.2. The van der Waals surface area contributed by atoms with E-state index in [1.165, 1.54) is 5.56 Å². The van der Waals surface area contributed by atoms with Crippen molar-refractivity contribution < 1.29 is 14.3 Å². The second-order valence-electron chi connectivity index (χ2n) is 6.67. The van der Waals surface area contributed by atoms with Crippen molar-refractivity contribution in [3.05, 3.63) is 58.6 Å². The normalized spacial score (nSPS) is 17.4. The van der Waals surface area contributed by atoms with Crippen molar-refractivity contribution in [2.24, 2.45) is 0 Å². The Balaban J connectivity index is 1.27. The summed E-state index contributed by atoms with van der Waals surface area (Å²) in [5.74, 6) is 1.79. The van der Waals surface area contributed by atoms with Crippen molar-refractivity contribution in [1.29, 1.82) is 0 Å². The molecule has 0 spiro atoms. The molecular weight excluding hydrogens is 352 g/mol. The van der Waals surface area contributed by atoms with Crippen molar-refractivity contribution in [2.75, 3.05) is 39.5 Å². The van der Waals surface area contributed by atoms with E-state index in [0.29, 0.717) is 18.4 Å². The van der Waals surface area contributed by atoms with Gasteiger partial charge in [-0.15, -0.1) is 0 Å². The van der Waals surface area contributed by atoms with E-state index in [4.69, 9.17) is 21.1 Å². The molecule has 2 aliphatic rings. The van der Waals surface area contributed by atoms with Gasteiger partial charge in [0.1, 0.15) is 0 Å². The number of rotatable bonds is 5. The largest absolute Gasteiger partial charge is 0.454 e. The number of ketones is 1. The van der Waals surface area contributed by atoms with Crippen molar-refractivity contribution in [3.8, 4) is 11.5 Å². The summed E-state index contributed by atoms with van der Waals surface area (Å²) in [6.07, 6.45) is 0. The third-order valence-corrected chi connectivity index (χ3v) is 5.09. The first kappa shape index (κ1) is 17.3. The molecule has 0 bridgehead atoms. The smallest absolute Gasteiger partial charge is 0.231 e. The number of carbonyl (C=O) groups is 1. The average molecular weight is 373 g/mol. The minimum Gasteiger partial charge on any atom is -0.454 e. The van der Waals surface area contributed by atoms with Crippen molar-refractivity contribution in [2.45, 2.75) is 6.54 Å². The zero-order chi connectivity index (χ0) is 17.9. The molecule has 2 aromatic carbocycles. The molecule has 26 heavy (non-hydrogen) atoms. The number of piperazine rings is 1. The Labute approximate surface area is 158 Å². The van der Waals surface area contributed by atoms with E-state index in [2.05, 4.69) is 21.9 Å². The Bertz CT molecular complexity index is 786. The first-order valence-electron chi connectivity index (χ1n) is 8.79. The van der Waals surface area contributed by atoms with Crippen LogP contribution in [0.3, 0.4) is 0 Å². The molecular formula is C20H21ClN2O3. The molecule has 136 valence electrons. The minimum absolute atomic E-state index is 0.144. The quantitative estimate of drug-likeness (QED) is 0.754. The summed E-state index contributed by atoms with van der Waals surface area (Å²) in [4.78, 5) is 17.0. The highest BCUT2D eigenvalue weighted by Crippen LogP contribution is 2.32. The van der Waals surface area contributed by atoms with Crippen LogP contribution in [0.15, 0.2) is 42.5 Å². The summed E-state index contributed by atoms with van der Waals surface area (Å²) in [5.41, 5.74) is 1.94. The Morgan fingerprint density at radius 3 is 2.38 bits per heavy atom. The van der Waals surface area contributed by atoms with E-state index in [-0.39, 0.29) is 5.78 Å². The molecule has 6 heteroatoms. The maximum absolute atomic E-state index is 12.4. The zero-order valence-electron chi connectivity index (χ0n) is 14.5. The van der Waals surface area contributed by atoms with Gasteiger partial charge in [-0.1, -0.05) is 17.7 Å². The first-order chi connectivity index (χ1) is 12.7. The molecule has 2 heterocycles. The van der Waals surface area contributed by atoms with Gasteiger partial charge in [0.25, 0.3) is 0 Å². The zero-order valence-corrected chi connectivity index (χ0v) is 15.2. The van der Waals surface area contributed by atoms with Gasteiger partial charge >= 0.3 is 0 Å². The Morgan fingerprint density at radius 2 is 1.62 bits per heavy atom.